The fourth-order valence-corrected chi connectivity index (χ4v) is 2.58. The van der Waals surface area contributed by atoms with E-state index < -0.39 is 0 Å². The van der Waals surface area contributed by atoms with Crippen molar-refractivity contribution in [1.82, 2.24) is 5.32 Å². The van der Waals surface area contributed by atoms with Gasteiger partial charge in [0, 0.05) is 6.04 Å². The van der Waals surface area contributed by atoms with E-state index in [2.05, 4.69) is 36.5 Å². The summed E-state index contributed by atoms with van der Waals surface area (Å²) in [6.07, 6.45) is 3.15. The summed E-state index contributed by atoms with van der Waals surface area (Å²) in [5.41, 5.74) is 2.93. The van der Waals surface area contributed by atoms with E-state index in [0.717, 1.165) is 18.9 Å². The fraction of sp³-hybridized carbons (Fsp3) is 0.600. The summed E-state index contributed by atoms with van der Waals surface area (Å²) >= 11 is 0. The minimum absolute atomic E-state index is 0.185. The minimum Gasteiger partial charge on any atom is -0.393 e. The first-order chi connectivity index (χ1) is 8.16. The van der Waals surface area contributed by atoms with Gasteiger partial charge >= 0.3 is 0 Å². The van der Waals surface area contributed by atoms with Crippen molar-refractivity contribution >= 4 is 0 Å². The predicted octanol–water partition coefficient (Wildman–Crippen LogP) is 2.60. The third kappa shape index (κ3) is 3.30. The topological polar surface area (TPSA) is 32.3 Å². The van der Waals surface area contributed by atoms with Crippen LogP contribution in [0.1, 0.15) is 43.2 Å². The van der Waals surface area contributed by atoms with Gasteiger partial charge in [0.15, 0.2) is 0 Å². The molecule has 1 aromatic carbocycles. The number of nitrogens with one attached hydrogen (secondary N) is 1. The molecule has 0 bridgehead atoms. The second kappa shape index (κ2) is 5.65. The van der Waals surface area contributed by atoms with Crippen molar-refractivity contribution in [3.05, 3.63) is 35.4 Å². The fourth-order valence-electron chi connectivity index (χ4n) is 2.58. The first-order valence-electron chi connectivity index (χ1n) is 6.64. The van der Waals surface area contributed by atoms with Crippen LogP contribution in [0.5, 0.6) is 0 Å². The Labute approximate surface area is 104 Å². The highest BCUT2D eigenvalue weighted by atomic mass is 16.3. The smallest absolute Gasteiger partial charge is 0.0524 e. The Morgan fingerprint density at radius 3 is 2.71 bits per heavy atom. The molecule has 94 valence electrons. The Hall–Kier alpha value is -0.860. The van der Waals surface area contributed by atoms with Crippen LogP contribution in [0.3, 0.4) is 0 Å². The van der Waals surface area contributed by atoms with E-state index in [1.165, 1.54) is 24.0 Å². The third-order valence-electron chi connectivity index (χ3n) is 3.76. The van der Waals surface area contributed by atoms with Gasteiger partial charge in [-0.2, -0.15) is 0 Å². The maximum absolute atomic E-state index is 9.18. The summed E-state index contributed by atoms with van der Waals surface area (Å²) in [6.45, 7) is 4.98. The highest BCUT2D eigenvalue weighted by Gasteiger charge is 2.30. The maximum atomic E-state index is 9.18. The molecule has 1 unspecified atom stereocenters. The molecule has 1 aliphatic rings. The van der Waals surface area contributed by atoms with Gasteiger partial charge in [-0.25, -0.2) is 0 Å². The number of aliphatic hydroxyl groups is 1. The number of hydrogen-bond donors (Lipinski definition) is 2. The van der Waals surface area contributed by atoms with Crippen LogP contribution in [0, 0.1) is 6.92 Å². The van der Waals surface area contributed by atoms with Gasteiger partial charge in [-0.15, -0.1) is 0 Å². The molecule has 1 saturated carbocycles. The lowest BCUT2D eigenvalue weighted by molar-refractivity contribution is 0.177. The van der Waals surface area contributed by atoms with Gasteiger partial charge in [0.05, 0.1) is 6.10 Å². The van der Waals surface area contributed by atoms with E-state index in [1.807, 2.05) is 6.92 Å². The Balaban J connectivity index is 1.74. The summed E-state index contributed by atoms with van der Waals surface area (Å²) in [5, 5.41) is 12.7. The van der Waals surface area contributed by atoms with Crippen molar-refractivity contribution in [2.45, 2.75) is 51.2 Å². The van der Waals surface area contributed by atoms with E-state index in [4.69, 9.17) is 0 Å². The summed E-state index contributed by atoms with van der Waals surface area (Å²) in [6, 6.07) is 9.35. The van der Waals surface area contributed by atoms with Gasteiger partial charge in [-0.1, -0.05) is 24.3 Å². The monoisotopic (exact) mass is 233 g/mol. The number of aryl methyl sites for hydroxylation is 1. The molecular formula is C15H23NO. The molecule has 2 nitrogen and oxygen atoms in total. The van der Waals surface area contributed by atoms with Crippen molar-refractivity contribution < 1.29 is 5.11 Å². The van der Waals surface area contributed by atoms with Crippen LogP contribution in [-0.4, -0.2) is 23.8 Å². The molecule has 1 atom stereocenters. The zero-order valence-corrected chi connectivity index (χ0v) is 10.8. The van der Waals surface area contributed by atoms with Crippen LogP contribution >= 0.6 is 0 Å². The molecule has 0 heterocycles. The highest BCUT2D eigenvalue weighted by Crippen LogP contribution is 2.38. The lowest BCUT2D eigenvalue weighted by Crippen LogP contribution is -2.41. The van der Waals surface area contributed by atoms with E-state index in [-0.39, 0.29) is 6.10 Å². The summed E-state index contributed by atoms with van der Waals surface area (Å²) in [7, 11) is 0. The summed E-state index contributed by atoms with van der Waals surface area (Å²) in [4.78, 5) is 0. The number of hydrogen-bond acceptors (Lipinski definition) is 2. The van der Waals surface area contributed by atoms with E-state index in [9.17, 15) is 5.11 Å². The first-order valence-corrected chi connectivity index (χ1v) is 6.64. The standard InChI is InChI=1S/C15H23NO/c1-11-5-3-4-6-15(11)13-9-14(10-13)16-8-7-12(2)17/h3-6,12-14,16-17H,7-10H2,1-2H3. The van der Waals surface area contributed by atoms with Crippen LogP contribution in [-0.2, 0) is 0 Å². The SMILES string of the molecule is Cc1ccccc1C1CC(NCCC(C)O)C1. The molecule has 2 rings (SSSR count). The van der Waals surface area contributed by atoms with Crippen molar-refractivity contribution in [2.24, 2.45) is 0 Å². The molecule has 2 heteroatoms. The van der Waals surface area contributed by atoms with Crippen molar-refractivity contribution in [2.75, 3.05) is 6.54 Å². The molecule has 1 aromatic rings. The Kier molecular flexibility index (Phi) is 4.19. The molecule has 1 fully saturated rings. The molecule has 0 spiro atoms. The largest absolute Gasteiger partial charge is 0.393 e. The van der Waals surface area contributed by atoms with Crippen molar-refractivity contribution in [1.29, 1.82) is 0 Å². The van der Waals surface area contributed by atoms with Gasteiger partial charge in [0.2, 0.25) is 0 Å². The molecule has 0 saturated heterocycles. The normalized spacial score (nSPS) is 25.4. The molecule has 2 N–H and O–H groups in total. The summed E-state index contributed by atoms with van der Waals surface area (Å²) in [5.74, 6) is 0.736. The van der Waals surface area contributed by atoms with E-state index in [1.54, 1.807) is 0 Å². The molecule has 1 aliphatic carbocycles. The second-order valence-electron chi connectivity index (χ2n) is 5.31. The zero-order valence-electron chi connectivity index (χ0n) is 10.8. The molecular weight excluding hydrogens is 210 g/mol. The lowest BCUT2D eigenvalue weighted by Gasteiger charge is -2.37. The predicted molar refractivity (Wildman–Crippen MR) is 71.2 cm³/mol. The van der Waals surface area contributed by atoms with Crippen LogP contribution in [0.15, 0.2) is 24.3 Å². The number of benzene rings is 1. The average Bonchev–Trinajstić information content (AvgIpc) is 2.23. The van der Waals surface area contributed by atoms with Gasteiger partial charge < -0.3 is 10.4 Å². The zero-order chi connectivity index (χ0) is 12.3. The molecule has 0 aliphatic heterocycles. The average molecular weight is 233 g/mol. The lowest BCUT2D eigenvalue weighted by atomic mass is 9.74. The molecule has 0 amide bonds. The van der Waals surface area contributed by atoms with Crippen molar-refractivity contribution in [3.63, 3.8) is 0 Å². The first kappa shape index (κ1) is 12.6. The van der Waals surface area contributed by atoms with E-state index >= 15 is 0 Å². The Bertz CT molecular complexity index is 356. The van der Waals surface area contributed by atoms with Crippen molar-refractivity contribution in [3.8, 4) is 0 Å². The van der Waals surface area contributed by atoms with Gasteiger partial charge in [0.25, 0.3) is 0 Å². The second-order valence-corrected chi connectivity index (χ2v) is 5.31. The minimum atomic E-state index is -0.185. The van der Waals surface area contributed by atoms with Crippen LogP contribution in [0.25, 0.3) is 0 Å². The van der Waals surface area contributed by atoms with Gasteiger partial charge in [-0.3, -0.25) is 0 Å². The maximum Gasteiger partial charge on any atom is 0.0524 e. The summed E-state index contributed by atoms with van der Waals surface area (Å²) < 4.78 is 0. The van der Waals surface area contributed by atoms with Gasteiger partial charge in [-0.05, 0) is 56.7 Å². The molecule has 0 radical (unpaired) electrons. The Morgan fingerprint density at radius 2 is 2.06 bits per heavy atom. The van der Waals surface area contributed by atoms with Gasteiger partial charge in [0.1, 0.15) is 0 Å². The molecule has 0 aromatic heterocycles. The quantitative estimate of drug-likeness (QED) is 0.819. The molecule has 17 heavy (non-hydrogen) atoms. The highest BCUT2D eigenvalue weighted by molar-refractivity contribution is 5.31. The Morgan fingerprint density at radius 1 is 1.35 bits per heavy atom. The van der Waals surface area contributed by atoms with E-state index in [0.29, 0.717) is 6.04 Å². The van der Waals surface area contributed by atoms with Crippen LogP contribution in [0.4, 0.5) is 0 Å². The van der Waals surface area contributed by atoms with Crippen LogP contribution in [0.2, 0.25) is 0 Å². The number of aliphatic hydroxyl groups excluding tert-OH is 1. The van der Waals surface area contributed by atoms with Crippen LogP contribution < -0.4 is 5.32 Å². The third-order valence-corrected chi connectivity index (χ3v) is 3.76. The number of rotatable bonds is 5.